The molecule has 0 unspecified atom stereocenters. The molecule has 0 aliphatic rings. The van der Waals surface area contributed by atoms with Crippen LogP contribution in [0.25, 0.3) is 0 Å². The molecule has 10 nitrogen and oxygen atoms in total. The predicted octanol–water partition coefficient (Wildman–Crippen LogP) is -1.04. The van der Waals surface area contributed by atoms with Crippen LogP contribution in [0.5, 0.6) is 0 Å². The van der Waals surface area contributed by atoms with Gasteiger partial charge in [0.15, 0.2) is 11.5 Å². The number of anilines is 1. The fourth-order valence-corrected chi connectivity index (χ4v) is 1.53. The Labute approximate surface area is 125 Å². The molecule has 1 aromatic heterocycles. The third-order valence-corrected chi connectivity index (χ3v) is 2.52. The van der Waals surface area contributed by atoms with Gasteiger partial charge >= 0.3 is 6.03 Å². The van der Waals surface area contributed by atoms with E-state index in [2.05, 4.69) is 26.1 Å². The van der Waals surface area contributed by atoms with Crippen molar-refractivity contribution in [1.82, 2.24) is 15.7 Å². The molecule has 3 amide bonds. The number of hydrogen-bond donors (Lipinski definition) is 6. The largest absolute Gasteiger partial charge is 0.351 e. The number of urea groups is 1. The van der Waals surface area contributed by atoms with Crippen LogP contribution in [0.2, 0.25) is 0 Å². The summed E-state index contributed by atoms with van der Waals surface area (Å²) in [6.07, 6.45) is 2.04. The average Bonchev–Trinajstić information content (AvgIpc) is 2.46. The molecule has 0 radical (unpaired) electrons. The summed E-state index contributed by atoms with van der Waals surface area (Å²) in [5.41, 5.74) is 6.85. The number of carbonyl (C=O) groups excluding carboxylic acids is 2. The summed E-state index contributed by atoms with van der Waals surface area (Å²) >= 11 is 0. The first-order valence-electron chi connectivity index (χ1n) is 6.21. The minimum atomic E-state index is -0.878. The van der Waals surface area contributed by atoms with E-state index in [1.54, 1.807) is 0 Å². The van der Waals surface area contributed by atoms with Gasteiger partial charge in [-0.05, 0) is 6.42 Å². The van der Waals surface area contributed by atoms with E-state index in [1.807, 2.05) is 0 Å². The van der Waals surface area contributed by atoms with Crippen LogP contribution in [0.1, 0.15) is 23.3 Å². The van der Waals surface area contributed by atoms with E-state index in [1.165, 1.54) is 0 Å². The van der Waals surface area contributed by atoms with Gasteiger partial charge in [0.25, 0.3) is 5.91 Å². The number of hydrazine groups is 1. The number of amidine groups is 1. The van der Waals surface area contributed by atoms with Crippen LogP contribution in [-0.2, 0) is 0 Å². The van der Waals surface area contributed by atoms with Crippen molar-refractivity contribution in [2.75, 3.05) is 11.9 Å². The van der Waals surface area contributed by atoms with E-state index >= 15 is 0 Å². The van der Waals surface area contributed by atoms with Gasteiger partial charge in [0.1, 0.15) is 5.84 Å². The summed E-state index contributed by atoms with van der Waals surface area (Å²) in [6, 6.07) is 0.0915. The Morgan fingerprint density at radius 2 is 2.14 bits per heavy atom. The zero-order valence-corrected chi connectivity index (χ0v) is 11.6. The first-order valence-corrected chi connectivity index (χ1v) is 6.21. The fraction of sp³-hybridized carbons (Fsp3) is 0.273. The van der Waals surface area contributed by atoms with Crippen LogP contribution in [0.15, 0.2) is 17.4 Å². The first-order chi connectivity index (χ1) is 10.5. The number of carbonyl (C=O) groups is 2. The molecule has 0 aliphatic carbocycles. The minimum absolute atomic E-state index is 0.0550. The van der Waals surface area contributed by atoms with Gasteiger partial charge in [-0.1, -0.05) is 0 Å². The second-order valence-corrected chi connectivity index (χ2v) is 4.12. The predicted molar refractivity (Wildman–Crippen MR) is 77.9 cm³/mol. The Bertz CT molecular complexity index is 577. The molecule has 11 heteroatoms. The molecule has 1 heterocycles. The first kappa shape index (κ1) is 17.1. The zero-order valence-electron chi connectivity index (χ0n) is 11.6. The van der Waals surface area contributed by atoms with Gasteiger partial charge < -0.3 is 27.6 Å². The molecule has 0 saturated carbocycles. The number of rotatable bonds is 6. The number of primary amides is 1. The Morgan fingerprint density at radius 3 is 2.68 bits per heavy atom. The molecule has 0 fully saturated rings. The standard InChI is InChI=1S/C11H17FN8O2/c12-7-4-6(18-11(13)22)5-17-9(7)10(21)16-3-1-2-8(19-14)20-15/h4-5H,1-3,14-15H2,(H,16,21)(H,19,20)(H3,13,18,22). The van der Waals surface area contributed by atoms with Gasteiger partial charge in [-0.15, -0.1) is 0 Å². The lowest BCUT2D eigenvalue weighted by Crippen LogP contribution is -2.32. The molecular weight excluding hydrogens is 295 g/mol. The number of halogens is 1. The van der Waals surface area contributed by atoms with Crippen LogP contribution < -0.4 is 33.5 Å². The molecule has 9 N–H and O–H groups in total. The minimum Gasteiger partial charge on any atom is -0.351 e. The van der Waals surface area contributed by atoms with Crippen LogP contribution in [-0.4, -0.2) is 29.3 Å². The highest BCUT2D eigenvalue weighted by Crippen LogP contribution is 2.11. The lowest BCUT2D eigenvalue weighted by atomic mass is 10.2. The summed E-state index contributed by atoms with van der Waals surface area (Å²) in [6.45, 7) is 0.252. The van der Waals surface area contributed by atoms with Crippen LogP contribution in [0, 0.1) is 5.82 Å². The highest BCUT2D eigenvalue weighted by molar-refractivity contribution is 5.93. The monoisotopic (exact) mass is 312 g/mol. The highest BCUT2D eigenvalue weighted by Gasteiger charge is 2.14. The summed E-state index contributed by atoms with van der Waals surface area (Å²) in [5, 5.41) is 8.02. The molecule has 1 aromatic rings. The smallest absolute Gasteiger partial charge is 0.316 e. The van der Waals surface area contributed by atoms with Crippen molar-refractivity contribution in [3.05, 3.63) is 23.8 Å². The molecule has 120 valence electrons. The number of aromatic nitrogens is 1. The van der Waals surface area contributed by atoms with Crippen molar-refractivity contribution in [1.29, 1.82) is 0 Å². The summed E-state index contributed by atoms with van der Waals surface area (Å²) in [5.74, 6) is 8.99. The van der Waals surface area contributed by atoms with Gasteiger partial charge in [-0.3, -0.25) is 4.79 Å². The van der Waals surface area contributed by atoms with Gasteiger partial charge in [0.05, 0.1) is 11.9 Å². The lowest BCUT2D eigenvalue weighted by Gasteiger charge is -2.07. The van der Waals surface area contributed by atoms with Crippen LogP contribution in [0.4, 0.5) is 14.9 Å². The quantitative estimate of drug-likeness (QED) is 0.128. The SMILES string of the molecule is N/N=C(/CCCNC(=O)c1ncc(NC(N)=O)cc1F)NN. The fourth-order valence-electron chi connectivity index (χ4n) is 1.53. The number of hydrogen-bond acceptors (Lipinski definition) is 6. The maximum Gasteiger partial charge on any atom is 0.316 e. The molecule has 0 saturated heterocycles. The van der Waals surface area contributed by atoms with E-state index in [0.29, 0.717) is 18.7 Å². The van der Waals surface area contributed by atoms with Crippen LogP contribution >= 0.6 is 0 Å². The number of amides is 3. The number of pyridine rings is 1. The van der Waals surface area contributed by atoms with Gasteiger partial charge in [0.2, 0.25) is 0 Å². The molecule has 0 aliphatic heterocycles. The highest BCUT2D eigenvalue weighted by atomic mass is 19.1. The molecule has 22 heavy (non-hydrogen) atoms. The molecule has 0 bridgehead atoms. The Kier molecular flexibility index (Phi) is 6.50. The third-order valence-electron chi connectivity index (χ3n) is 2.52. The van der Waals surface area contributed by atoms with E-state index in [-0.39, 0.29) is 17.9 Å². The normalized spacial score (nSPS) is 10.9. The van der Waals surface area contributed by atoms with Gasteiger partial charge in [0, 0.05) is 19.0 Å². The van der Waals surface area contributed by atoms with Crippen molar-refractivity contribution in [3.63, 3.8) is 0 Å². The van der Waals surface area contributed by atoms with E-state index in [9.17, 15) is 14.0 Å². The zero-order chi connectivity index (χ0) is 16.5. The van der Waals surface area contributed by atoms with Gasteiger partial charge in [-0.2, -0.15) is 5.10 Å². The van der Waals surface area contributed by atoms with Crippen molar-refractivity contribution in [2.45, 2.75) is 12.8 Å². The topological polar surface area (TPSA) is 174 Å². The average molecular weight is 312 g/mol. The van der Waals surface area contributed by atoms with E-state index in [0.717, 1.165) is 12.3 Å². The number of nitrogens with zero attached hydrogens (tertiary/aromatic N) is 2. The maximum absolute atomic E-state index is 13.7. The van der Waals surface area contributed by atoms with Crippen LogP contribution in [0.3, 0.4) is 0 Å². The summed E-state index contributed by atoms with van der Waals surface area (Å²) in [7, 11) is 0. The number of hydrazone groups is 1. The van der Waals surface area contributed by atoms with Crippen molar-refractivity contribution in [2.24, 2.45) is 22.5 Å². The van der Waals surface area contributed by atoms with E-state index in [4.69, 9.17) is 17.4 Å². The number of nitrogens with one attached hydrogen (secondary N) is 3. The van der Waals surface area contributed by atoms with Crippen molar-refractivity contribution in [3.8, 4) is 0 Å². The number of nitrogens with two attached hydrogens (primary N) is 3. The summed E-state index contributed by atoms with van der Waals surface area (Å²) < 4.78 is 13.7. The molecule has 0 atom stereocenters. The second-order valence-electron chi connectivity index (χ2n) is 4.12. The van der Waals surface area contributed by atoms with E-state index < -0.39 is 17.8 Å². The second kappa shape index (κ2) is 8.36. The van der Waals surface area contributed by atoms with Gasteiger partial charge in [-0.25, -0.2) is 20.0 Å². The summed E-state index contributed by atoms with van der Waals surface area (Å²) in [4.78, 5) is 26.0. The molecule has 0 spiro atoms. The molecule has 1 rings (SSSR count). The van der Waals surface area contributed by atoms with Crippen molar-refractivity contribution < 1.29 is 14.0 Å². The van der Waals surface area contributed by atoms with Crippen molar-refractivity contribution >= 4 is 23.5 Å². The Morgan fingerprint density at radius 1 is 1.41 bits per heavy atom. The third kappa shape index (κ3) is 5.20. The Hall–Kier alpha value is -2.95. The molecular formula is C11H17FN8O2. The lowest BCUT2D eigenvalue weighted by molar-refractivity contribution is 0.0944. The maximum atomic E-state index is 13.7. The Balaban J connectivity index is 2.54. The molecule has 0 aromatic carbocycles.